The van der Waals surface area contributed by atoms with Gasteiger partial charge in [0.25, 0.3) is 0 Å². The van der Waals surface area contributed by atoms with Crippen molar-refractivity contribution in [3.8, 4) is 0 Å². The minimum absolute atomic E-state index is 0.853. The molecule has 0 spiro atoms. The van der Waals surface area contributed by atoms with Crippen LogP contribution in [0.4, 0.5) is 11.4 Å². The van der Waals surface area contributed by atoms with Crippen LogP contribution in [0.5, 0.6) is 0 Å². The summed E-state index contributed by atoms with van der Waals surface area (Å²) in [5.74, 6) is 1.08. The third kappa shape index (κ3) is 3.67. The Hall–Kier alpha value is -2.10. The molecule has 0 radical (unpaired) electrons. The molecule has 1 aliphatic heterocycles. The SMILES string of the molecule is CCCSC(S)=C1c2ccccc2N(Cc2ccccc2)c2ccccc21. The summed E-state index contributed by atoms with van der Waals surface area (Å²) in [5, 5.41) is 0. The molecule has 0 saturated heterocycles. The van der Waals surface area contributed by atoms with E-state index in [1.807, 2.05) is 11.8 Å². The largest absolute Gasteiger partial charge is 0.336 e. The Balaban J connectivity index is 1.87. The molecule has 4 rings (SSSR count). The summed E-state index contributed by atoms with van der Waals surface area (Å²) in [6.07, 6.45) is 1.14. The van der Waals surface area contributed by atoms with Crippen LogP contribution < -0.4 is 4.90 Å². The van der Waals surface area contributed by atoms with Gasteiger partial charge in [-0.05, 0) is 29.9 Å². The van der Waals surface area contributed by atoms with E-state index in [9.17, 15) is 0 Å². The summed E-state index contributed by atoms with van der Waals surface area (Å²) in [6, 6.07) is 28.1. The van der Waals surface area contributed by atoms with Crippen LogP contribution in [0, 0.1) is 0 Å². The number of thioether (sulfide) groups is 1. The molecule has 0 bridgehead atoms. The lowest BCUT2D eigenvalue weighted by Gasteiger charge is -2.35. The van der Waals surface area contributed by atoms with E-state index in [0.717, 1.165) is 23.0 Å². The first-order valence-corrected chi connectivity index (χ1v) is 10.8. The van der Waals surface area contributed by atoms with E-state index < -0.39 is 0 Å². The summed E-state index contributed by atoms with van der Waals surface area (Å²) < 4.78 is 1.11. The monoisotopic (exact) mass is 389 g/mol. The zero-order valence-corrected chi connectivity index (χ0v) is 17.1. The average molecular weight is 390 g/mol. The topological polar surface area (TPSA) is 3.24 Å². The van der Waals surface area contributed by atoms with Crippen molar-refractivity contribution in [1.29, 1.82) is 0 Å². The van der Waals surface area contributed by atoms with Gasteiger partial charge in [0.2, 0.25) is 0 Å². The van der Waals surface area contributed by atoms with Crippen molar-refractivity contribution in [2.75, 3.05) is 10.7 Å². The van der Waals surface area contributed by atoms with Crippen LogP contribution in [-0.2, 0) is 6.54 Å². The van der Waals surface area contributed by atoms with Gasteiger partial charge in [-0.3, -0.25) is 0 Å². The van der Waals surface area contributed by atoms with Crippen molar-refractivity contribution in [3.63, 3.8) is 0 Å². The van der Waals surface area contributed by atoms with Gasteiger partial charge in [-0.25, -0.2) is 0 Å². The van der Waals surface area contributed by atoms with Crippen molar-refractivity contribution in [3.05, 3.63) is 99.8 Å². The van der Waals surface area contributed by atoms with E-state index in [0.29, 0.717) is 0 Å². The van der Waals surface area contributed by atoms with Crippen LogP contribution in [0.1, 0.15) is 30.0 Å². The smallest absolute Gasteiger partial charge is 0.0494 e. The fraction of sp³-hybridized carbons (Fsp3) is 0.167. The molecule has 0 fully saturated rings. The first kappa shape index (κ1) is 18.3. The molecule has 0 unspecified atom stereocenters. The first-order valence-electron chi connectivity index (χ1n) is 9.36. The fourth-order valence-corrected chi connectivity index (χ4v) is 4.83. The van der Waals surface area contributed by atoms with Gasteiger partial charge in [-0.2, -0.15) is 0 Å². The minimum atomic E-state index is 0.853. The second-order valence-electron chi connectivity index (χ2n) is 6.63. The number of nitrogens with zero attached hydrogens (tertiary/aromatic N) is 1. The number of para-hydroxylation sites is 2. The molecule has 27 heavy (non-hydrogen) atoms. The van der Waals surface area contributed by atoms with Crippen LogP contribution in [0.25, 0.3) is 5.57 Å². The minimum Gasteiger partial charge on any atom is -0.336 e. The van der Waals surface area contributed by atoms with E-state index in [-0.39, 0.29) is 0 Å². The average Bonchev–Trinajstić information content (AvgIpc) is 2.72. The van der Waals surface area contributed by atoms with Crippen LogP contribution in [0.15, 0.2) is 83.1 Å². The number of benzene rings is 3. The normalized spacial score (nSPS) is 12.5. The second kappa shape index (κ2) is 8.28. The van der Waals surface area contributed by atoms with E-state index in [2.05, 4.69) is 90.7 Å². The van der Waals surface area contributed by atoms with E-state index in [1.165, 1.54) is 33.6 Å². The van der Waals surface area contributed by atoms with Gasteiger partial charge in [-0.1, -0.05) is 73.7 Å². The predicted molar refractivity (Wildman–Crippen MR) is 123 cm³/mol. The van der Waals surface area contributed by atoms with Gasteiger partial charge in [0.1, 0.15) is 0 Å². The number of hydrogen-bond donors (Lipinski definition) is 1. The molecule has 0 N–H and O–H groups in total. The Bertz CT molecular complexity index is 913. The van der Waals surface area contributed by atoms with Crippen molar-refractivity contribution >= 4 is 41.3 Å². The molecule has 0 saturated carbocycles. The molecule has 0 amide bonds. The predicted octanol–water partition coefficient (Wildman–Crippen LogP) is 7.13. The Kier molecular flexibility index (Phi) is 5.61. The number of hydrogen-bond acceptors (Lipinski definition) is 3. The first-order chi connectivity index (χ1) is 13.3. The lowest BCUT2D eigenvalue weighted by molar-refractivity contribution is 0.963. The zero-order chi connectivity index (χ0) is 18.6. The van der Waals surface area contributed by atoms with E-state index in [1.54, 1.807) is 0 Å². The van der Waals surface area contributed by atoms with Crippen LogP contribution in [-0.4, -0.2) is 5.75 Å². The molecule has 0 atom stereocenters. The summed E-state index contributed by atoms with van der Waals surface area (Å²) in [4.78, 5) is 2.43. The maximum Gasteiger partial charge on any atom is 0.0494 e. The van der Waals surface area contributed by atoms with Gasteiger partial charge in [-0.15, -0.1) is 24.4 Å². The molecule has 3 aromatic carbocycles. The van der Waals surface area contributed by atoms with Crippen molar-refractivity contribution in [2.24, 2.45) is 0 Å². The van der Waals surface area contributed by atoms with Gasteiger partial charge in [0.15, 0.2) is 0 Å². The molecule has 3 heteroatoms. The highest BCUT2D eigenvalue weighted by Gasteiger charge is 2.27. The lowest BCUT2D eigenvalue weighted by Crippen LogP contribution is -2.22. The molecular weight excluding hydrogens is 366 g/mol. The molecule has 0 aliphatic carbocycles. The van der Waals surface area contributed by atoms with Crippen LogP contribution in [0.2, 0.25) is 0 Å². The third-order valence-electron chi connectivity index (χ3n) is 4.77. The van der Waals surface area contributed by atoms with Crippen molar-refractivity contribution in [1.82, 2.24) is 0 Å². The molecular formula is C24H23NS2. The molecule has 0 aromatic heterocycles. The van der Waals surface area contributed by atoms with Gasteiger partial charge < -0.3 is 4.90 Å². The van der Waals surface area contributed by atoms with Crippen LogP contribution in [0.3, 0.4) is 0 Å². The van der Waals surface area contributed by atoms with Crippen LogP contribution >= 0.6 is 24.4 Å². The third-order valence-corrected chi connectivity index (χ3v) is 6.47. The highest BCUT2D eigenvalue weighted by molar-refractivity contribution is 8.15. The Morgan fingerprint density at radius 1 is 0.815 bits per heavy atom. The molecule has 1 nitrogen and oxygen atoms in total. The fourth-order valence-electron chi connectivity index (χ4n) is 3.55. The van der Waals surface area contributed by atoms with Gasteiger partial charge in [0.05, 0.1) is 0 Å². The molecule has 1 aliphatic rings. The Morgan fingerprint density at radius 2 is 1.37 bits per heavy atom. The summed E-state index contributed by atoms with van der Waals surface area (Å²) in [6.45, 7) is 3.06. The number of rotatable bonds is 5. The maximum absolute atomic E-state index is 4.91. The van der Waals surface area contributed by atoms with Gasteiger partial charge >= 0.3 is 0 Å². The standard InChI is InChI=1S/C24H23NS2/c1-2-16-27-24(26)23-19-12-6-8-14-21(19)25(17-18-10-4-3-5-11-18)22-15-9-7-13-20(22)23/h3-15,26H,2,16-17H2,1H3. The number of thiol groups is 1. The zero-order valence-electron chi connectivity index (χ0n) is 15.4. The summed E-state index contributed by atoms with van der Waals surface area (Å²) >= 11 is 6.75. The molecule has 136 valence electrons. The summed E-state index contributed by atoms with van der Waals surface area (Å²) in [5.41, 5.74) is 7.59. The van der Waals surface area contributed by atoms with Crippen molar-refractivity contribution < 1.29 is 0 Å². The Morgan fingerprint density at radius 3 is 1.96 bits per heavy atom. The highest BCUT2D eigenvalue weighted by Crippen LogP contribution is 2.48. The van der Waals surface area contributed by atoms with E-state index in [4.69, 9.17) is 12.6 Å². The molecule has 3 aromatic rings. The highest BCUT2D eigenvalue weighted by atomic mass is 32.2. The van der Waals surface area contributed by atoms with Gasteiger partial charge in [0, 0.05) is 38.9 Å². The molecule has 1 heterocycles. The maximum atomic E-state index is 4.91. The summed E-state index contributed by atoms with van der Waals surface area (Å²) in [7, 11) is 0. The second-order valence-corrected chi connectivity index (χ2v) is 8.49. The lowest BCUT2D eigenvalue weighted by atomic mass is 9.91. The quantitative estimate of drug-likeness (QED) is 0.462. The number of anilines is 2. The van der Waals surface area contributed by atoms with Crippen molar-refractivity contribution in [2.45, 2.75) is 19.9 Å². The Labute approximate surface area is 171 Å². The number of fused-ring (bicyclic) bond motifs is 2. The van der Waals surface area contributed by atoms with E-state index >= 15 is 0 Å².